The number of benzene rings is 1. The molecule has 1 amide bonds. The number of fused-ring (bicyclic) bond motifs is 1. The Hall–Kier alpha value is -3.18. The maximum Gasteiger partial charge on any atom is 0.407 e. The topological polar surface area (TPSA) is 118 Å². The monoisotopic (exact) mass is 486 g/mol. The van der Waals surface area contributed by atoms with Gasteiger partial charge in [0.2, 0.25) is 0 Å². The van der Waals surface area contributed by atoms with E-state index in [9.17, 15) is 13.2 Å². The number of ether oxygens (including phenoxy) is 1. The Morgan fingerprint density at radius 2 is 1.88 bits per heavy atom. The number of aromatic nitrogens is 3. The molecule has 0 saturated carbocycles. The van der Waals surface area contributed by atoms with Crippen molar-refractivity contribution in [2.45, 2.75) is 57.1 Å². The van der Waals surface area contributed by atoms with Gasteiger partial charge in [-0.3, -0.25) is 0 Å². The van der Waals surface area contributed by atoms with Gasteiger partial charge in [0.25, 0.3) is 10.0 Å². The minimum atomic E-state index is -3.80. The largest absolute Gasteiger partial charge is 0.444 e. The van der Waals surface area contributed by atoms with Crippen molar-refractivity contribution in [3.8, 4) is 0 Å². The van der Waals surface area contributed by atoms with E-state index in [1.54, 1.807) is 30.3 Å². The molecule has 1 aromatic carbocycles. The van der Waals surface area contributed by atoms with E-state index in [1.165, 1.54) is 16.5 Å². The summed E-state index contributed by atoms with van der Waals surface area (Å²) < 4.78 is 32.9. The summed E-state index contributed by atoms with van der Waals surface area (Å²) in [5.41, 5.74) is 3.98. The van der Waals surface area contributed by atoms with E-state index in [1.807, 2.05) is 32.7 Å². The molecule has 3 heterocycles. The van der Waals surface area contributed by atoms with Crippen LogP contribution in [0.15, 0.2) is 47.8 Å². The van der Waals surface area contributed by atoms with Crippen molar-refractivity contribution in [3.05, 3.63) is 48.4 Å². The van der Waals surface area contributed by atoms with Gasteiger partial charge in [-0.25, -0.2) is 32.2 Å². The van der Waals surface area contributed by atoms with Crippen molar-refractivity contribution in [1.82, 2.24) is 24.3 Å². The summed E-state index contributed by atoms with van der Waals surface area (Å²) in [6, 6.07) is 8.30. The van der Waals surface area contributed by atoms with Crippen molar-refractivity contribution < 1.29 is 17.9 Å². The summed E-state index contributed by atoms with van der Waals surface area (Å²) in [4.78, 5) is 20.9. The first-order valence-corrected chi connectivity index (χ1v) is 12.6. The first-order chi connectivity index (χ1) is 16.0. The van der Waals surface area contributed by atoms with Crippen LogP contribution in [0.2, 0.25) is 0 Å². The Balaban J connectivity index is 1.52. The summed E-state index contributed by atoms with van der Waals surface area (Å²) in [6.45, 7) is 8.68. The normalized spacial score (nSPS) is 17.5. The lowest BCUT2D eigenvalue weighted by Gasteiger charge is -2.33. The van der Waals surface area contributed by atoms with Crippen LogP contribution in [0.4, 0.5) is 10.6 Å². The quantitative estimate of drug-likeness (QED) is 0.564. The van der Waals surface area contributed by atoms with Crippen LogP contribution in [0.25, 0.3) is 11.0 Å². The SMILES string of the molecule is Cc1ccc(S(=O)(=O)n2ccc3c(NN4CCCC(NC(=O)OC(C)(C)C)C4)ncnc32)cc1. The number of aryl methyl sites for hydroxylation is 1. The number of hydrazine groups is 1. The van der Waals surface area contributed by atoms with Gasteiger partial charge < -0.3 is 15.5 Å². The number of carbonyl (C=O) groups is 1. The average Bonchev–Trinajstić information content (AvgIpc) is 3.19. The molecule has 2 N–H and O–H groups in total. The molecule has 34 heavy (non-hydrogen) atoms. The van der Waals surface area contributed by atoms with Gasteiger partial charge in [-0.15, -0.1) is 0 Å². The first-order valence-electron chi connectivity index (χ1n) is 11.2. The fourth-order valence-corrected chi connectivity index (χ4v) is 5.16. The number of nitrogens with zero attached hydrogens (tertiary/aromatic N) is 4. The summed E-state index contributed by atoms with van der Waals surface area (Å²) >= 11 is 0. The number of amides is 1. The van der Waals surface area contributed by atoms with Gasteiger partial charge in [-0.05, 0) is 58.7 Å². The highest BCUT2D eigenvalue weighted by Crippen LogP contribution is 2.26. The summed E-state index contributed by atoms with van der Waals surface area (Å²) in [7, 11) is -3.80. The molecule has 4 rings (SSSR count). The molecule has 1 aliphatic heterocycles. The minimum Gasteiger partial charge on any atom is -0.444 e. The second kappa shape index (κ2) is 9.22. The van der Waals surface area contributed by atoms with Crippen molar-refractivity contribution in [2.24, 2.45) is 0 Å². The van der Waals surface area contributed by atoms with E-state index < -0.39 is 21.7 Å². The molecular formula is C23H30N6O4S. The smallest absolute Gasteiger partial charge is 0.407 e. The molecule has 11 heteroatoms. The lowest BCUT2D eigenvalue weighted by Crippen LogP contribution is -2.50. The molecule has 1 aliphatic rings. The van der Waals surface area contributed by atoms with E-state index in [2.05, 4.69) is 20.7 Å². The van der Waals surface area contributed by atoms with Crippen LogP contribution < -0.4 is 10.7 Å². The third kappa shape index (κ3) is 5.31. The Morgan fingerprint density at radius 3 is 2.59 bits per heavy atom. The Kier molecular flexibility index (Phi) is 6.50. The maximum absolute atomic E-state index is 13.2. The highest BCUT2D eigenvalue weighted by molar-refractivity contribution is 7.90. The number of piperidine rings is 1. The lowest BCUT2D eigenvalue weighted by atomic mass is 10.1. The van der Waals surface area contributed by atoms with E-state index in [0.717, 1.165) is 24.9 Å². The molecule has 182 valence electrons. The molecule has 1 saturated heterocycles. The molecule has 3 aromatic rings. The zero-order valence-corrected chi connectivity index (χ0v) is 20.6. The van der Waals surface area contributed by atoms with Crippen LogP contribution in [0, 0.1) is 6.92 Å². The highest BCUT2D eigenvalue weighted by Gasteiger charge is 2.26. The predicted molar refractivity (Wildman–Crippen MR) is 129 cm³/mol. The van der Waals surface area contributed by atoms with Crippen LogP contribution in [-0.2, 0) is 14.8 Å². The van der Waals surface area contributed by atoms with Crippen molar-refractivity contribution >= 4 is 33.0 Å². The van der Waals surface area contributed by atoms with Gasteiger partial charge in [0.15, 0.2) is 11.5 Å². The number of alkyl carbamates (subject to hydrolysis) is 1. The standard InChI is InChI=1S/C23H30N6O4S/c1-16-7-9-18(10-8-16)34(31,32)29-13-11-19-20(24-15-25-21(19)29)27-28-12-5-6-17(14-28)26-22(30)33-23(2,3)4/h7-11,13,15,17H,5-6,12,14H2,1-4H3,(H,26,30)(H,24,25,27). The average molecular weight is 487 g/mol. The molecule has 1 unspecified atom stereocenters. The number of anilines is 1. The van der Waals surface area contributed by atoms with Crippen LogP contribution in [-0.4, -0.2) is 58.2 Å². The van der Waals surface area contributed by atoms with Gasteiger partial charge >= 0.3 is 6.09 Å². The van der Waals surface area contributed by atoms with Gasteiger partial charge in [0.1, 0.15) is 11.9 Å². The number of rotatable bonds is 5. The minimum absolute atomic E-state index is 0.0834. The fraction of sp³-hybridized carbons (Fsp3) is 0.435. The molecule has 10 nitrogen and oxygen atoms in total. The predicted octanol–water partition coefficient (Wildman–Crippen LogP) is 3.29. The molecule has 1 fully saturated rings. The van der Waals surface area contributed by atoms with Crippen molar-refractivity contribution in [1.29, 1.82) is 0 Å². The highest BCUT2D eigenvalue weighted by atomic mass is 32.2. The lowest BCUT2D eigenvalue weighted by molar-refractivity contribution is 0.0478. The van der Waals surface area contributed by atoms with E-state index in [4.69, 9.17) is 4.74 Å². The zero-order chi connectivity index (χ0) is 24.5. The second-order valence-electron chi connectivity index (χ2n) is 9.43. The molecule has 0 spiro atoms. The number of hydrogen-bond acceptors (Lipinski definition) is 8. The first kappa shape index (κ1) is 24.0. The zero-order valence-electron chi connectivity index (χ0n) is 19.8. The molecule has 0 bridgehead atoms. The van der Waals surface area contributed by atoms with Gasteiger partial charge in [0.05, 0.1) is 10.3 Å². The van der Waals surface area contributed by atoms with Gasteiger partial charge in [-0.1, -0.05) is 17.7 Å². The van der Waals surface area contributed by atoms with Crippen molar-refractivity contribution in [3.63, 3.8) is 0 Å². The fourth-order valence-electron chi connectivity index (χ4n) is 3.86. The Morgan fingerprint density at radius 1 is 1.15 bits per heavy atom. The molecular weight excluding hydrogens is 456 g/mol. The van der Waals surface area contributed by atoms with Crippen LogP contribution >= 0.6 is 0 Å². The molecule has 0 radical (unpaired) electrons. The molecule has 0 aliphatic carbocycles. The number of carbonyl (C=O) groups excluding carboxylic acids is 1. The van der Waals surface area contributed by atoms with Crippen LogP contribution in [0.3, 0.4) is 0 Å². The van der Waals surface area contributed by atoms with Crippen LogP contribution in [0.5, 0.6) is 0 Å². The number of hydrogen-bond donors (Lipinski definition) is 2. The van der Waals surface area contributed by atoms with E-state index in [-0.39, 0.29) is 10.9 Å². The van der Waals surface area contributed by atoms with Gasteiger partial charge in [-0.2, -0.15) is 0 Å². The van der Waals surface area contributed by atoms with Gasteiger partial charge in [0, 0.05) is 25.3 Å². The summed E-state index contributed by atoms with van der Waals surface area (Å²) in [5.74, 6) is 0.501. The summed E-state index contributed by atoms with van der Waals surface area (Å²) in [6.07, 6.45) is 4.09. The number of nitrogens with one attached hydrogen (secondary N) is 2. The van der Waals surface area contributed by atoms with E-state index >= 15 is 0 Å². The van der Waals surface area contributed by atoms with E-state index in [0.29, 0.717) is 23.4 Å². The van der Waals surface area contributed by atoms with Crippen LogP contribution in [0.1, 0.15) is 39.2 Å². The maximum atomic E-state index is 13.2. The summed E-state index contributed by atoms with van der Waals surface area (Å²) in [5, 5.41) is 5.46. The third-order valence-corrected chi connectivity index (χ3v) is 7.11. The Labute approximate surface area is 199 Å². The third-order valence-electron chi connectivity index (χ3n) is 5.43. The second-order valence-corrected chi connectivity index (χ2v) is 11.2. The molecule has 2 aromatic heterocycles. The molecule has 1 atom stereocenters. The van der Waals surface area contributed by atoms with Crippen molar-refractivity contribution in [2.75, 3.05) is 18.5 Å². The Bertz CT molecular complexity index is 1280.